The lowest BCUT2D eigenvalue weighted by molar-refractivity contribution is -0.147. The van der Waals surface area contributed by atoms with Crippen molar-refractivity contribution in [3.63, 3.8) is 0 Å². The fourth-order valence-corrected chi connectivity index (χ4v) is 3.29. The Labute approximate surface area is 190 Å². The molecule has 31 heavy (non-hydrogen) atoms. The predicted molar refractivity (Wildman–Crippen MR) is 130 cm³/mol. The van der Waals surface area contributed by atoms with Gasteiger partial charge in [0.25, 0.3) is 0 Å². The van der Waals surface area contributed by atoms with Gasteiger partial charge in [-0.25, -0.2) is 0 Å². The largest absolute Gasteiger partial charge is 0.481 e. The Kier molecular flexibility index (Phi) is 21.5. The molecule has 0 radical (unpaired) electrons. The van der Waals surface area contributed by atoms with Crippen LogP contribution in [0.3, 0.4) is 0 Å². The van der Waals surface area contributed by atoms with E-state index in [9.17, 15) is 9.59 Å². The van der Waals surface area contributed by atoms with Gasteiger partial charge in [0.2, 0.25) is 0 Å². The third kappa shape index (κ3) is 22.7. The molecule has 0 heterocycles. The maximum atomic E-state index is 12.2. The number of hydrogen-bond acceptors (Lipinski definition) is 3. The highest BCUT2D eigenvalue weighted by atomic mass is 16.5. The number of carboxylic acids is 1. The molecule has 1 atom stereocenters. The third-order valence-electron chi connectivity index (χ3n) is 5.11. The van der Waals surface area contributed by atoms with Gasteiger partial charge in [-0.15, -0.1) is 0 Å². The molecular weight excluding hydrogens is 388 g/mol. The van der Waals surface area contributed by atoms with Crippen LogP contribution in [0.5, 0.6) is 0 Å². The second kappa shape index (κ2) is 22.8. The van der Waals surface area contributed by atoms with Gasteiger partial charge in [0.1, 0.15) is 6.10 Å². The first-order valence-corrected chi connectivity index (χ1v) is 12.5. The molecule has 0 spiro atoms. The van der Waals surface area contributed by atoms with E-state index in [1.165, 1.54) is 25.7 Å². The Morgan fingerprint density at radius 1 is 0.742 bits per heavy atom. The van der Waals surface area contributed by atoms with Crippen LogP contribution in [0.15, 0.2) is 36.5 Å². The van der Waals surface area contributed by atoms with E-state index in [0.717, 1.165) is 57.8 Å². The molecule has 0 saturated heterocycles. The zero-order valence-electron chi connectivity index (χ0n) is 20.0. The van der Waals surface area contributed by atoms with Crippen LogP contribution in [0.2, 0.25) is 0 Å². The Hall–Kier alpha value is -1.84. The molecule has 0 aliphatic rings. The van der Waals surface area contributed by atoms with Crippen LogP contribution in [0.4, 0.5) is 0 Å². The number of esters is 1. The Balaban J connectivity index is 4.30. The summed E-state index contributed by atoms with van der Waals surface area (Å²) in [6, 6.07) is 0. The van der Waals surface area contributed by atoms with Crippen molar-refractivity contribution in [3.8, 4) is 0 Å². The number of rotatable bonds is 21. The minimum absolute atomic E-state index is 0.101. The summed E-state index contributed by atoms with van der Waals surface area (Å²) in [6.07, 6.45) is 27.4. The molecule has 0 aromatic heterocycles. The Bertz CT molecular complexity index is 519. The van der Waals surface area contributed by atoms with Crippen molar-refractivity contribution in [1.82, 2.24) is 0 Å². The summed E-state index contributed by atoms with van der Waals surface area (Å²) >= 11 is 0. The average molecular weight is 435 g/mol. The van der Waals surface area contributed by atoms with E-state index in [4.69, 9.17) is 9.84 Å². The van der Waals surface area contributed by atoms with Gasteiger partial charge in [-0.3, -0.25) is 9.59 Å². The molecule has 0 bridgehead atoms. The Morgan fingerprint density at radius 3 is 2.00 bits per heavy atom. The van der Waals surface area contributed by atoms with Crippen LogP contribution in [0.1, 0.15) is 117 Å². The molecule has 4 heteroatoms. The topological polar surface area (TPSA) is 63.6 Å². The Morgan fingerprint density at radius 2 is 1.32 bits per heavy atom. The van der Waals surface area contributed by atoms with Crippen molar-refractivity contribution in [2.75, 3.05) is 0 Å². The SMILES string of the molecule is CC/C=C\C/C=C\C/C=C\C(CCCCCCC(=O)O)OC(=O)CCCCCCCC. The monoisotopic (exact) mass is 434 g/mol. The summed E-state index contributed by atoms with van der Waals surface area (Å²) in [5.74, 6) is -0.834. The fraction of sp³-hybridized carbons (Fsp3) is 0.704. The number of ether oxygens (including phenoxy) is 1. The summed E-state index contributed by atoms with van der Waals surface area (Å²) in [6.45, 7) is 4.33. The zero-order valence-corrected chi connectivity index (χ0v) is 20.0. The van der Waals surface area contributed by atoms with E-state index in [-0.39, 0.29) is 18.5 Å². The predicted octanol–water partition coefficient (Wildman–Crippen LogP) is 7.93. The minimum Gasteiger partial charge on any atom is -0.481 e. The van der Waals surface area contributed by atoms with E-state index < -0.39 is 5.97 Å². The molecule has 0 fully saturated rings. The lowest BCUT2D eigenvalue weighted by Gasteiger charge is -2.14. The summed E-state index contributed by atoms with van der Waals surface area (Å²) in [4.78, 5) is 22.8. The number of unbranched alkanes of at least 4 members (excludes halogenated alkanes) is 8. The highest BCUT2D eigenvalue weighted by Crippen LogP contribution is 2.14. The minimum atomic E-state index is -0.734. The summed E-state index contributed by atoms with van der Waals surface area (Å²) in [5.41, 5.74) is 0. The van der Waals surface area contributed by atoms with E-state index >= 15 is 0 Å². The van der Waals surface area contributed by atoms with E-state index in [2.05, 4.69) is 44.2 Å². The number of allylic oxidation sites excluding steroid dienone is 5. The molecule has 0 aromatic carbocycles. The molecule has 178 valence electrons. The van der Waals surface area contributed by atoms with Gasteiger partial charge in [0.05, 0.1) is 0 Å². The first-order chi connectivity index (χ1) is 15.1. The first kappa shape index (κ1) is 29.2. The summed E-state index contributed by atoms with van der Waals surface area (Å²) < 4.78 is 5.73. The molecule has 0 amide bonds. The summed E-state index contributed by atoms with van der Waals surface area (Å²) in [5, 5.41) is 8.71. The molecule has 0 aromatic rings. The van der Waals surface area contributed by atoms with Crippen LogP contribution in [-0.2, 0) is 14.3 Å². The smallest absolute Gasteiger partial charge is 0.306 e. The molecule has 1 N–H and O–H groups in total. The van der Waals surface area contributed by atoms with Crippen LogP contribution < -0.4 is 0 Å². The van der Waals surface area contributed by atoms with E-state index in [0.29, 0.717) is 12.8 Å². The van der Waals surface area contributed by atoms with Gasteiger partial charge in [0.15, 0.2) is 0 Å². The highest BCUT2D eigenvalue weighted by Gasteiger charge is 2.11. The lowest BCUT2D eigenvalue weighted by Crippen LogP contribution is -2.16. The number of aliphatic carboxylic acids is 1. The van der Waals surface area contributed by atoms with Crippen LogP contribution in [0.25, 0.3) is 0 Å². The molecule has 0 saturated carbocycles. The molecule has 4 nitrogen and oxygen atoms in total. The van der Waals surface area contributed by atoms with Crippen LogP contribution >= 0.6 is 0 Å². The third-order valence-corrected chi connectivity index (χ3v) is 5.11. The number of carbonyl (C=O) groups excluding carboxylic acids is 1. The highest BCUT2D eigenvalue weighted by molar-refractivity contribution is 5.69. The van der Waals surface area contributed by atoms with Crippen LogP contribution in [0, 0.1) is 0 Å². The second-order valence-corrected chi connectivity index (χ2v) is 8.14. The quantitative estimate of drug-likeness (QED) is 0.113. The van der Waals surface area contributed by atoms with Crippen molar-refractivity contribution in [2.45, 2.75) is 123 Å². The van der Waals surface area contributed by atoms with Crippen LogP contribution in [-0.4, -0.2) is 23.1 Å². The van der Waals surface area contributed by atoms with Crippen molar-refractivity contribution < 1.29 is 19.4 Å². The van der Waals surface area contributed by atoms with Crippen molar-refractivity contribution in [3.05, 3.63) is 36.5 Å². The first-order valence-electron chi connectivity index (χ1n) is 12.5. The van der Waals surface area contributed by atoms with Crippen molar-refractivity contribution in [2.24, 2.45) is 0 Å². The van der Waals surface area contributed by atoms with E-state index in [1.807, 2.05) is 6.08 Å². The van der Waals surface area contributed by atoms with Gasteiger partial charge in [-0.05, 0) is 51.0 Å². The number of carbonyl (C=O) groups is 2. The standard InChI is InChI=1S/C27H46O4/c1-3-5-7-9-11-12-13-17-21-25(22-18-15-16-19-23-26(28)29)31-27(30)24-20-14-10-8-6-4-2/h5,7,11-12,17,21,25H,3-4,6,8-10,13-16,18-20,22-24H2,1-2H3,(H,28,29)/b7-5-,12-11-,21-17-. The number of hydrogen-bond donors (Lipinski definition) is 1. The van der Waals surface area contributed by atoms with Gasteiger partial charge < -0.3 is 9.84 Å². The van der Waals surface area contributed by atoms with E-state index in [1.54, 1.807) is 0 Å². The van der Waals surface area contributed by atoms with Crippen molar-refractivity contribution in [1.29, 1.82) is 0 Å². The molecular formula is C27H46O4. The maximum Gasteiger partial charge on any atom is 0.306 e. The molecule has 1 unspecified atom stereocenters. The van der Waals surface area contributed by atoms with Gasteiger partial charge in [0, 0.05) is 12.8 Å². The summed E-state index contributed by atoms with van der Waals surface area (Å²) in [7, 11) is 0. The maximum absolute atomic E-state index is 12.2. The fourth-order valence-electron chi connectivity index (χ4n) is 3.29. The van der Waals surface area contributed by atoms with Gasteiger partial charge >= 0.3 is 11.9 Å². The lowest BCUT2D eigenvalue weighted by atomic mass is 10.1. The molecule has 0 rings (SSSR count). The zero-order chi connectivity index (χ0) is 23.0. The number of carboxylic acid groups (broad SMARTS) is 1. The average Bonchev–Trinajstić information content (AvgIpc) is 2.74. The second-order valence-electron chi connectivity index (χ2n) is 8.14. The van der Waals surface area contributed by atoms with Gasteiger partial charge in [-0.1, -0.05) is 89.2 Å². The molecule has 0 aliphatic carbocycles. The van der Waals surface area contributed by atoms with Crippen molar-refractivity contribution >= 4 is 11.9 Å². The normalized spacial score (nSPS) is 12.8. The molecule has 0 aliphatic heterocycles. The van der Waals surface area contributed by atoms with Gasteiger partial charge in [-0.2, -0.15) is 0 Å².